The molecule has 21 heavy (non-hydrogen) atoms. The molecule has 0 aliphatic heterocycles. The molecule has 0 aliphatic carbocycles. The minimum absolute atomic E-state index is 0.316. The normalized spacial score (nSPS) is 10.4. The van der Waals surface area contributed by atoms with E-state index >= 15 is 0 Å². The lowest BCUT2D eigenvalue weighted by molar-refractivity contribution is 0.628. The Bertz CT molecular complexity index is 762. The number of rotatable bonds is 3. The smallest absolute Gasteiger partial charge is 0.163 e. The lowest BCUT2D eigenvalue weighted by Crippen LogP contribution is -1.98. The second-order valence-electron chi connectivity index (χ2n) is 4.40. The SMILES string of the molecule is Fc1cccc(Nc2cc(Cl)nc(-c3ccccc3)n2)c1. The summed E-state index contributed by atoms with van der Waals surface area (Å²) in [4.78, 5) is 8.60. The summed E-state index contributed by atoms with van der Waals surface area (Å²) in [6, 6.07) is 17.3. The summed E-state index contributed by atoms with van der Waals surface area (Å²) < 4.78 is 13.2. The Morgan fingerprint density at radius 2 is 1.71 bits per heavy atom. The van der Waals surface area contributed by atoms with E-state index in [1.165, 1.54) is 12.1 Å². The average molecular weight is 300 g/mol. The monoisotopic (exact) mass is 299 g/mol. The summed E-state index contributed by atoms with van der Waals surface area (Å²) in [6.45, 7) is 0. The third kappa shape index (κ3) is 3.35. The van der Waals surface area contributed by atoms with Gasteiger partial charge in [-0.05, 0) is 18.2 Å². The van der Waals surface area contributed by atoms with Crippen LogP contribution in [0.1, 0.15) is 0 Å². The van der Waals surface area contributed by atoms with Crippen LogP contribution in [0, 0.1) is 5.82 Å². The van der Waals surface area contributed by atoms with E-state index in [2.05, 4.69) is 15.3 Å². The summed E-state index contributed by atoms with van der Waals surface area (Å²) in [5, 5.41) is 3.34. The van der Waals surface area contributed by atoms with Crippen LogP contribution in [-0.4, -0.2) is 9.97 Å². The van der Waals surface area contributed by atoms with E-state index in [4.69, 9.17) is 11.6 Å². The van der Waals surface area contributed by atoms with E-state index in [1.807, 2.05) is 30.3 Å². The van der Waals surface area contributed by atoms with Gasteiger partial charge in [0.25, 0.3) is 0 Å². The molecule has 1 heterocycles. The fraction of sp³-hybridized carbons (Fsp3) is 0. The number of anilines is 2. The maximum atomic E-state index is 13.2. The zero-order chi connectivity index (χ0) is 14.7. The van der Waals surface area contributed by atoms with E-state index in [0.717, 1.165) is 5.56 Å². The first-order chi connectivity index (χ1) is 10.2. The van der Waals surface area contributed by atoms with Gasteiger partial charge < -0.3 is 5.32 Å². The van der Waals surface area contributed by atoms with Crippen LogP contribution in [-0.2, 0) is 0 Å². The highest BCUT2D eigenvalue weighted by Gasteiger charge is 2.06. The molecule has 0 fully saturated rings. The van der Waals surface area contributed by atoms with Crippen LogP contribution in [0.2, 0.25) is 5.15 Å². The quantitative estimate of drug-likeness (QED) is 0.714. The number of aromatic nitrogens is 2. The molecule has 0 radical (unpaired) electrons. The molecule has 2 aromatic carbocycles. The van der Waals surface area contributed by atoms with Gasteiger partial charge in [-0.3, -0.25) is 0 Å². The Morgan fingerprint density at radius 1 is 0.905 bits per heavy atom. The van der Waals surface area contributed by atoms with Gasteiger partial charge in [-0.25, -0.2) is 14.4 Å². The Kier molecular flexibility index (Phi) is 3.79. The molecule has 0 bridgehead atoms. The van der Waals surface area contributed by atoms with Crippen molar-refractivity contribution in [1.29, 1.82) is 0 Å². The molecule has 5 heteroatoms. The van der Waals surface area contributed by atoms with Crippen LogP contribution in [0.3, 0.4) is 0 Å². The average Bonchev–Trinajstić information content (AvgIpc) is 2.47. The minimum Gasteiger partial charge on any atom is -0.340 e. The van der Waals surface area contributed by atoms with Crippen molar-refractivity contribution in [3.05, 3.63) is 71.6 Å². The molecule has 1 aromatic heterocycles. The first-order valence-corrected chi connectivity index (χ1v) is 6.71. The molecular formula is C16H11ClFN3. The van der Waals surface area contributed by atoms with Crippen molar-refractivity contribution >= 4 is 23.1 Å². The van der Waals surface area contributed by atoms with Crippen molar-refractivity contribution in [2.45, 2.75) is 0 Å². The molecule has 104 valence electrons. The minimum atomic E-state index is -0.316. The topological polar surface area (TPSA) is 37.8 Å². The maximum Gasteiger partial charge on any atom is 0.163 e. The van der Waals surface area contributed by atoms with Gasteiger partial charge in [0.1, 0.15) is 16.8 Å². The number of nitrogens with one attached hydrogen (secondary N) is 1. The van der Waals surface area contributed by atoms with Gasteiger partial charge in [-0.15, -0.1) is 0 Å². The summed E-state index contributed by atoms with van der Waals surface area (Å²) in [7, 11) is 0. The standard InChI is InChI=1S/C16H11ClFN3/c17-14-10-15(19-13-8-4-7-12(18)9-13)21-16(20-14)11-5-2-1-3-6-11/h1-10H,(H,19,20,21). The van der Waals surface area contributed by atoms with Crippen molar-refractivity contribution in [3.63, 3.8) is 0 Å². The van der Waals surface area contributed by atoms with E-state index in [9.17, 15) is 4.39 Å². The number of hydrogen-bond donors (Lipinski definition) is 1. The number of halogens is 2. The largest absolute Gasteiger partial charge is 0.340 e. The molecule has 3 rings (SSSR count). The molecule has 0 saturated heterocycles. The second-order valence-corrected chi connectivity index (χ2v) is 4.79. The third-order valence-corrected chi connectivity index (χ3v) is 3.02. The van der Waals surface area contributed by atoms with Gasteiger partial charge in [-0.2, -0.15) is 0 Å². The number of hydrogen-bond acceptors (Lipinski definition) is 3. The number of benzene rings is 2. The predicted octanol–water partition coefficient (Wildman–Crippen LogP) is 4.68. The maximum absolute atomic E-state index is 13.2. The van der Waals surface area contributed by atoms with Crippen LogP contribution >= 0.6 is 11.6 Å². The van der Waals surface area contributed by atoms with Crippen molar-refractivity contribution in [3.8, 4) is 11.4 Å². The molecular weight excluding hydrogens is 289 g/mol. The molecule has 0 atom stereocenters. The summed E-state index contributed by atoms with van der Waals surface area (Å²) in [6.07, 6.45) is 0. The van der Waals surface area contributed by atoms with Crippen molar-refractivity contribution < 1.29 is 4.39 Å². The Balaban J connectivity index is 1.95. The van der Waals surface area contributed by atoms with Crippen molar-refractivity contribution in [1.82, 2.24) is 9.97 Å². The van der Waals surface area contributed by atoms with Crippen LogP contribution in [0.15, 0.2) is 60.7 Å². The van der Waals surface area contributed by atoms with E-state index in [-0.39, 0.29) is 5.82 Å². The van der Waals surface area contributed by atoms with Crippen LogP contribution in [0.25, 0.3) is 11.4 Å². The highest BCUT2D eigenvalue weighted by Crippen LogP contribution is 2.22. The fourth-order valence-corrected chi connectivity index (χ4v) is 2.10. The van der Waals surface area contributed by atoms with Crippen LogP contribution in [0.4, 0.5) is 15.9 Å². The van der Waals surface area contributed by atoms with Gasteiger partial charge in [-0.1, -0.05) is 48.0 Å². The van der Waals surface area contributed by atoms with E-state index < -0.39 is 0 Å². The van der Waals surface area contributed by atoms with Crippen molar-refractivity contribution in [2.75, 3.05) is 5.32 Å². The van der Waals surface area contributed by atoms with Gasteiger partial charge in [0.2, 0.25) is 0 Å². The number of nitrogens with zero attached hydrogens (tertiary/aromatic N) is 2. The molecule has 0 spiro atoms. The second kappa shape index (κ2) is 5.89. The van der Waals surface area contributed by atoms with Gasteiger partial charge in [0.05, 0.1) is 0 Å². The molecule has 0 amide bonds. The lowest BCUT2D eigenvalue weighted by Gasteiger charge is -2.08. The fourth-order valence-electron chi connectivity index (χ4n) is 1.91. The lowest BCUT2D eigenvalue weighted by atomic mass is 10.2. The Morgan fingerprint density at radius 3 is 2.48 bits per heavy atom. The Hall–Kier alpha value is -2.46. The van der Waals surface area contributed by atoms with E-state index in [0.29, 0.717) is 22.5 Å². The van der Waals surface area contributed by atoms with Crippen molar-refractivity contribution in [2.24, 2.45) is 0 Å². The first-order valence-electron chi connectivity index (χ1n) is 6.33. The third-order valence-electron chi connectivity index (χ3n) is 2.82. The summed E-state index contributed by atoms with van der Waals surface area (Å²) >= 11 is 6.03. The van der Waals surface area contributed by atoms with Gasteiger partial charge in [0.15, 0.2) is 5.82 Å². The molecule has 1 N–H and O–H groups in total. The van der Waals surface area contributed by atoms with E-state index in [1.54, 1.807) is 18.2 Å². The predicted molar refractivity (Wildman–Crippen MR) is 82.2 cm³/mol. The first kappa shape index (κ1) is 13.5. The summed E-state index contributed by atoms with van der Waals surface area (Å²) in [5.74, 6) is 0.713. The molecule has 0 unspecified atom stereocenters. The van der Waals surface area contributed by atoms with Gasteiger partial charge in [0, 0.05) is 17.3 Å². The van der Waals surface area contributed by atoms with Gasteiger partial charge >= 0.3 is 0 Å². The zero-order valence-electron chi connectivity index (χ0n) is 10.9. The molecule has 0 aliphatic rings. The molecule has 3 aromatic rings. The summed E-state index contributed by atoms with van der Waals surface area (Å²) in [5.41, 5.74) is 1.46. The zero-order valence-corrected chi connectivity index (χ0v) is 11.7. The highest BCUT2D eigenvalue weighted by molar-refractivity contribution is 6.29. The van der Waals surface area contributed by atoms with Crippen LogP contribution in [0.5, 0.6) is 0 Å². The Labute approximate surface area is 126 Å². The molecule has 0 saturated carbocycles. The highest BCUT2D eigenvalue weighted by atomic mass is 35.5. The molecule has 3 nitrogen and oxygen atoms in total. The van der Waals surface area contributed by atoms with Crippen LogP contribution < -0.4 is 5.32 Å².